The SMILES string of the molecule is CC(=O)/C=C(/C)[O-].CC(C)O.[Ti+4]. The van der Waals surface area contributed by atoms with Crippen LogP contribution in [-0.4, -0.2) is 17.0 Å². The average Bonchev–Trinajstić information content (AvgIpc) is 1.56. The second-order valence-corrected chi connectivity index (χ2v) is 2.46. The molecule has 1 N–H and O–H groups in total. The number of aliphatic hydroxyl groups excluding tert-OH is 1. The number of carbonyl (C=O) groups excluding carboxylic acids is 1. The predicted octanol–water partition coefficient (Wildman–Crippen LogP) is 0.224. The van der Waals surface area contributed by atoms with Crippen LogP contribution in [0.3, 0.4) is 0 Å². The largest absolute Gasteiger partial charge is 4.00 e. The van der Waals surface area contributed by atoms with Gasteiger partial charge in [-0.05, 0) is 26.8 Å². The normalized spacial score (nSPS) is 9.67. The van der Waals surface area contributed by atoms with Crippen molar-refractivity contribution >= 4 is 5.78 Å². The molecule has 0 radical (unpaired) electrons. The molecule has 0 aliphatic heterocycles. The van der Waals surface area contributed by atoms with Crippen molar-refractivity contribution in [3.05, 3.63) is 11.8 Å². The summed E-state index contributed by atoms with van der Waals surface area (Å²) < 4.78 is 0. The van der Waals surface area contributed by atoms with Crippen LogP contribution < -0.4 is 5.11 Å². The molecule has 3 nitrogen and oxygen atoms in total. The fourth-order valence-corrected chi connectivity index (χ4v) is 0.286. The van der Waals surface area contributed by atoms with E-state index in [9.17, 15) is 9.90 Å². The van der Waals surface area contributed by atoms with Crippen LogP contribution in [0.4, 0.5) is 0 Å². The number of rotatable bonds is 1. The van der Waals surface area contributed by atoms with Gasteiger partial charge < -0.3 is 10.2 Å². The van der Waals surface area contributed by atoms with Crippen molar-refractivity contribution in [3.8, 4) is 0 Å². The van der Waals surface area contributed by atoms with Gasteiger partial charge in [0.05, 0.1) is 0 Å². The van der Waals surface area contributed by atoms with Crippen molar-refractivity contribution in [2.24, 2.45) is 0 Å². The molecule has 0 aromatic rings. The van der Waals surface area contributed by atoms with E-state index < -0.39 is 0 Å². The summed E-state index contributed by atoms with van der Waals surface area (Å²) in [6.07, 6.45) is 0.889. The first-order chi connectivity index (χ1) is 4.86. The molecule has 12 heavy (non-hydrogen) atoms. The zero-order valence-corrected chi connectivity index (χ0v) is 9.48. The summed E-state index contributed by atoms with van der Waals surface area (Å²) in [4.78, 5) is 9.98. The quantitative estimate of drug-likeness (QED) is 0.380. The van der Waals surface area contributed by atoms with E-state index in [2.05, 4.69) is 0 Å². The van der Waals surface area contributed by atoms with Gasteiger partial charge in [-0.15, -0.1) is 5.76 Å². The van der Waals surface area contributed by atoms with Crippen LogP contribution in [0.25, 0.3) is 0 Å². The average molecular weight is 207 g/mol. The molecule has 0 aromatic heterocycles. The van der Waals surface area contributed by atoms with E-state index in [1.54, 1.807) is 13.8 Å². The minimum absolute atomic E-state index is 0. The molecule has 0 fully saturated rings. The van der Waals surface area contributed by atoms with Gasteiger partial charge in [-0.3, -0.25) is 4.79 Å². The fraction of sp³-hybridized carbons (Fsp3) is 0.625. The van der Waals surface area contributed by atoms with Gasteiger partial charge in [0.2, 0.25) is 0 Å². The molecule has 0 aliphatic carbocycles. The summed E-state index contributed by atoms with van der Waals surface area (Å²) in [6, 6.07) is 0. The maximum Gasteiger partial charge on any atom is 4.00 e. The molecule has 66 valence electrons. The third-order valence-electron chi connectivity index (χ3n) is 0.407. The predicted molar refractivity (Wildman–Crippen MR) is 41.8 cm³/mol. The Labute approximate surface area is 88.4 Å². The van der Waals surface area contributed by atoms with Crippen LogP contribution in [0.1, 0.15) is 27.7 Å². The number of hydrogen-bond donors (Lipinski definition) is 1. The van der Waals surface area contributed by atoms with Gasteiger partial charge in [0, 0.05) is 6.10 Å². The standard InChI is InChI=1S/C5H8O2.C3H8O.Ti/c1-4(6)3-5(2)7;1-3(2)4;/h3,6H,1-2H3;3-4H,1-2H3;/q;;+4/p-1/b4-3-;;. The summed E-state index contributed by atoms with van der Waals surface area (Å²) in [5.74, 6) is -0.375. The van der Waals surface area contributed by atoms with E-state index in [4.69, 9.17) is 5.11 Å². The van der Waals surface area contributed by atoms with Crippen molar-refractivity contribution < 1.29 is 36.7 Å². The topological polar surface area (TPSA) is 60.4 Å². The minimum Gasteiger partial charge on any atom is -0.876 e. The number of ketones is 1. The monoisotopic (exact) mass is 207 g/mol. The Morgan fingerprint density at radius 3 is 1.67 bits per heavy atom. The smallest absolute Gasteiger partial charge is 0.876 e. The third-order valence-corrected chi connectivity index (χ3v) is 0.407. The third kappa shape index (κ3) is 51.7. The Hall–Kier alpha value is -0.116. The summed E-state index contributed by atoms with van der Waals surface area (Å²) in [5, 5.41) is 18.0. The van der Waals surface area contributed by atoms with Gasteiger partial charge in [0.25, 0.3) is 0 Å². The maximum atomic E-state index is 9.98. The molecular weight excluding hydrogens is 192 g/mol. The summed E-state index contributed by atoms with van der Waals surface area (Å²) >= 11 is 0. The number of carbonyl (C=O) groups is 1. The molecule has 0 heterocycles. The van der Waals surface area contributed by atoms with E-state index >= 15 is 0 Å². The van der Waals surface area contributed by atoms with Gasteiger partial charge in [-0.2, -0.15) is 0 Å². The van der Waals surface area contributed by atoms with Crippen LogP contribution >= 0.6 is 0 Å². The first kappa shape index (κ1) is 17.8. The second kappa shape index (κ2) is 10.9. The van der Waals surface area contributed by atoms with Crippen LogP contribution in [-0.2, 0) is 26.5 Å². The van der Waals surface area contributed by atoms with Crippen LogP contribution in [0.15, 0.2) is 11.8 Å². The first-order valence-corrected chi connectivity index (χ1v) is 3.40. The molecule has 0 aliphatic rings. The molecule has 0 atom stereocenters. The van der Waals surface area contributed by atoms with Gasteiger partial charge in [-0.25, -0.2) is 0 Å². The van der Waals surface area contributed by atoms with Crippen molar-refractivity contribution in [1.82, 2.24) is 0 Å². The Morgan fingerprint density at radius 2 is 1.67 bits per heavy atom. The number of aliphatic hydroxyl groups is 1. The second-order valence-electron chi connectivity index (χ2n) is 2.46. The summed E-state index contributed by atoms with van der Waals surface area (Å²) in [7, 11) is 0. The molecule has 0 rings (SSSR count). The van der Waals surface area contributed by atoms with E-state index in [0.717, 1.165) is 6.08 Å². The van der Waals surface area contributed by atoms with Crippen molar-refractivity contribution in [2.75, 3.05) is 0 Å². The van der Waals surface area contributed by atoms with E-state index in [0.29, 0.717) is 0 Å². The fourth-order valence-electron chi connectivity index (χ4n) is 0.286. The Morgan fingerprint density at radius 1 is 1.42 bits per heavy atom. The first-order valence-electron chi connectivity index (χ1n) is 3.40. The van der Waals surface area contributed by atoms with E-state index in [1.165, 1.54) is 13.8 Å². The molecule has 0 unspecified atom stereocenters. The molecular formula is C8H15O3Ti+3. The molecule has 0 spiro atoms. The van der Waals surface area contributed by atoms with E-state index in [1.807, 2.05) is 0 Å². The zero-order valence-electron chi connectivity index (χ0n) is 7.92. The minimum atomic E-state index is -0.187. The molecule has 4 heteroatoms. The number of allylic oxidation sites excluding steroid dienone is 2. The molecule has 0 bridgehead atoms. The Kier molecular flexibility index (Phi) is 16.2. The molecule has 0 aromatic carbocycles. The van der Waals surface area contributed by atoms with Gasteiger partial charge in [-0.1, -0.05) is 6.92 Å². The van der Waals surface area contributed by atoms with Crippen molar-refractivity contribution in [3.63, 3.8) is 0 Å². The molecule has 0 amide bonds. The Balaban J connectivity index is -0.000000142. The van der Waals surface area contributed by atoms with Gasteiger partial charge in [0.1, 0.15) is 0 Å². The van der Waals surface area contributed by atoms with Crippen LogP contribution in [0, 0.1) is 0 Å². The molecule has 0 saturated heterocycles. The summed E-state index contributed by atoms with van der Waals surface area (Å²) in [5.41, 5.74) is 0. The summed E-state index contributed by atoms with van der Waals surface area (Å²) in [6.45, 7) is 6.14. The van der Waals surface area contributed by atoms with Crippen molar-refractivity contribution in [1.29, 1.82) is 0 Å². The van der Waals surface area contributed by atoms with Crippen LogP contribution in [0.2, 0.25) is 0 Å². The maximum absolute atomic E-state index is 9.98. The van der Waals surface area contributed by atoms with Gasteiger partial charge >= 0.3 is 21.7 Å². The van der Waals surface area contributed by atoms with Crippen molar-refractivity contribution in [2.45, 2.75) is 33.8 Å². The zero-order chi connectivity index (χ0) is 9.44. The molecule has 0 saturated carbocycles. The van der Waals surface area contributed by atoms with Crippen LogP contribution in [0.5, 0.6) is 0 Å². The number of hydrogen-bond acceptors (Lipinski definition) is 3. The Bertz CT molecular complexity index is 134. The van der Waals surface area contributed by atoms with E-state index in [-0.39, 0.29) is 39.4 Å². The van der Waals surface area contributed by atoms with Gasteiger partial charge in [0.15, 0.2) is 5.78 Å².